The summed E-state index contributed by atoms with van der Waals surface area (Å²) < 4.78 is 48.3. The fourth-order valence-electron chi connectivity index (χ4n) is 4.85. The van der Waals surface area contributed by atoms with Crippen molar-refractivity contribution in [2.45, 2.75) is 50.2 Å². The first kappa shape index (κ1) is 34.5. The molecule has 0 radical (unpaired) electrons. The largest absolute Gasteiger partial charge is 0.495 e. The number of halogens is 2. The highest BCUT2D eigenvalue weighted by Crippen LogP contribution is 2.32. The molecule has 0 saturated carbocycles. The highest BCUT2D eigenvalue weighted by molar-refractivity contribution is 7.92. The van der Waals surface area contributed by atoms with Crippen LogP contribution >= 0.6 is 11.6 Å². The number of carbonyl (C=O) groups is 2. The van der Waals surface area contributed by atoms with Crippen LogP contribution in [0, 0.1) is 5.82 Å². The number of benzene rings is 4. The van der Waals surface area contributed by atoms with Gasteiger partial charge < -0.3 is 15.0 Å². The number of rotatable bonds is 12. The van der Waals surface area contributed by atoms with E-state index in [9.17, 15) is 22.4 Å². The Morgan fingerprint density at radius 3 is 2.07 bits per heavy atom. The first-order valence-electron chi connectivity index (χ1n) is 14.6. The van der Waals surface area contributed by atoms with E-state index in [0.29, 0.717) is 11.3 Å². The van der Waals surface area contributed by atoms with Crippen LogP contribution in [0.5, 0.6) is 5.75 Å². The minimum absolute atomic E-state index is 0.0360. The lowest BCUT2D eigenvalue weighted by molar-refractivity contribution is -0.140. The maximum absolute atomic E-state index is 14.5. The van der Waals surface area contributed by atoms with Crippen LogP contribution in [0.3, 0.4) is 0 Å². The molecule has 8 nitrogen and oxygen atoms in total. The standard InChI is InChI=1S/C35H37ClFN3O5S/c1-35(2,3)38-34(42)31(21-25-11-7-5-8-12-25)39(23-26-15-17-27(37)18-16-26)33(41)24-40(28-19-20-32(45-4)30(36)22-28)46(43,44)29-13-9-6-10-14-29/h5-20,22,31H,21,23-24H2,1-4H3,(H,38,42)/t31-/m0/s1. The smallest absolute Gasteiger partial charge is 0.264 e. The zero-order valence-corrected chi connectivity index (χ0v) is 27.7. The lowest BCUT2D eigenvalue weighted by Gasteiger charge is -2.35. The number of amides is 2. The van der Waals surface area contributed by atoms with Crippen LogP contribution in [0.25, 0.3) is 0 Å². The minimum Gasteiger partial charge on any atom is -0.495 e. The maximum atomic E-state index is 14.5. The number of anilines is 1. The molecule has 1 atom stereocenters. The van der Waals surface area contributed by atoms with Crippen molar-refractivity contribution in [2.75, 3.05) is 18.0 Å². The summed E-state index contributed by atoms with van der Waals surface area (Å²) in [5.74, 6) is -1.20. The number of hydrogen-bond donors (Lipinski definition) is 1. The van der Waals surface area contributed by atoms with Crippen molar-refractivity contribution in [1.29, 1.82) is 0 Å². The second-order valence-corrected chi connectivity index (χ2v) is 14.0. The molecule has 242 valence electrons. The summed E-state index contributed by atoms with van der Waals surface area (Å²) in [7, 11) is -2.86. The topological polar surface area (TPSA) is 96.0 Å². The molecule has 46 heavy (non-hydrogen) atoms. The van der Waals surface area contributed by atoms with Crippen molar-refractivity contribution in [3.63, 3.8) is 0 Å². The third-order valence-corrected chi connectivity index (χ3v) is 9.15. The van der Waals surface area contributed by atoms with Gasteiger partial charge in [-0.15, -0.1) is 0 Å². The molecule has 4 aromatic carbocycles. The van der Waals surface area contributed by atoms with Crippen LogP contribution < -0.4 is 14.4 Å². The molecule has 0 unspecified atom stereocenters. The lowest BCUT2D eigenvalue weighted by atomic mass is 10.0. The Kier molecular flexibility index (Phi) is 11.1. The van der Waals surface area contributed by atoms with Crippen LogP contribution in [-0.4, -0.2) is 50.4 Å². The van der Waals surface area contributed by atoms with Gasteiger partial charge in [-0.05, 0) is 74.4 Å². The monoisotopic (exact) mass is 665 g/mol. The van der Waals surface area contributed by atoms with Gasteiger partial charge in [0.05, 0.1) is 22.7 Å². The van der Waals surface area contributed by atoms with Crippen LogP contribution in [0.15, 0.2) is 108 Å². The van der Waals surface area contributed by atoms with Gasteiger partial charge in [-0.1, -0.05) is 72.3 Å². The van der Waals surface area contributed by atoms with Gasteiger partial charge in [-0.2, -0.15) is 0 Å². The molecule has 0 heterocycles. The molecular formula is C35H37ClFN3O5S. The Morgan fingerprint density at radius 2 is 1.50 bits per heavy atom. The first-order valence-corrected chi connectivity index (χ1v) is 16.4. The van der Waals surface area contributed by atoms with Gasteiger partial charge in [-0.3, -0.25) is 13.9 Å². The molecule has 0 saturated heterocycles. The number of nitrogens with zero attached hydrogens (tertiary/aromatic N) is 2. The average Bonchev–Trinajstić information content (AvgIpc) is 3.02. The van der Waals surface area contributed by atoms with Gasteiger partial charge in [0.1, 0.15) is 24.2 Å². The zero-order valence-electron chi connectivity index (χ0n) is 26.1. The van der Waals surface area contributed by atoms with Crippen LogP contribution in [0.4, 0.5) is 10.1 Å². The summed E-state index contributed by atoms with van der Waals surface area (Å²) in [6, 6.07) is 25.9. The number of sulfonamides is 1. The number of hydrogen-bond acceptors (Lipinski definition) is 5. The summed E-state index contributed by atoms with van der Waals surface area (Å²) >= 11 is 6.41. The molecule has 4 rings (SSSR count). The molecule has 11 heteroatoms. The Balaban J connectivity index is 1.83. The van der Waals surface area contributed by atoms with Gasteiger partial charge in [0.15, 0.2) is 0 Å². The maximum Gasteiger partial charge on any atom is 0.264 e. The van der Waals surface area contributed by atoms with Gasteiger partial charge >= 0.3 is 0 Å². The highest BCUT2D eigenvalue weighted by Gasteiger charge is 2.35. The van der Waals surface area contributed by atoms with Crippen molar-refractivity contribution >= 4 is 39.1 Å². The minimum atomic E-state index is -4.29. The predicted octanol–water partition coefficient (Wildman–Crippen LogP) is 6.24. The second kappa shape index (κ2) is 14.8. The third-order valence-electron chi connectivity index (χ3n) is 7.07. The van der Waals surface area contributed by atoms with E-state index in [0.717, 1.165) is 9.87 Å². The van der Waals surface area contributed by atoms with E-state index < -0.39 is 45.8 Å². The Bertz CT molecular complexity index is 1750. The van der Waals surface area contributed by atoms with E-state index in [1.165, 1.54) is 66.6 Å². The van der Waals surface area contributed by atoms with Crippen molar-refractivity contribution < 1.29 is 27.1 Å². The molecule has 1 N–H and O–H groups in total. The van der Waals surface area contributed by atoms with Crippen LogP contribution in [0.2, 0.25) is 5.02 Å². The van der Waals surface area contributed by atoms with Crippen LogP contribution in [0.1, 0.15) is 31.9 Å². The number of ether oxygens (including phenoxy) is 1. The quantitative estimate of drug-likeness (QED) is 0.193. The predicted molar refractivity (Wildman–Crippen MR) is 178 cm³/mol. The number of methoxy groups -OCH3 is 1. The van der Waals surface area contributed by atoms with E-state index in [-0.39, 0.29) is 28.6 Å². The average molecular weight is 666 g/mol. The fraction of sp³-hybridized carbons (Fsp3) is 0.257. The summed E-state index contributed by atoms with van der Waals surface area (Å²) in [4.78, 5) is 29.7. The number of carbonyl (C=O) groups excluding carboxylic acids is 2. The van der Waals surface area contributed by atoms with E-state index >= 15 is 0 Å². The van der Waals surface area contributed by atoms with Gasteiger partial charge in [0.2, 0.25) is 11.8 Å². The lowest BCUT2D eigenvalue weighted by Crippen LogP contribution is -2.56. The molecule has 0 aliphatic carbocycles. The Labute approximate surface area is 274 Å². The van der Waals surface area contributed by atoms with Crippen molar-refractivity contribution in [1.82, 2.24) is 10.2 Å². The molecule has 2 amide bonds. The van der Waals surface area contributed by atoms with Crippen molar-refractivity contribution in [3.05, 3.63) is 125 Å². The summed E-state index contributed by atoms with van der Waals surface area (Å²) in [5, 5.41) is 3.12. The summed E-state index contributed by atoms with van der Waals surface area (Å²) in [5.41, 5.74) is 0.855. The molecule has 4 aromatic rings. The molecule has 0 bridgehead atoms. The number of nitrogens with one attached hydrogen (secondary N) is 1. The molecular weight excluding hydrogens is 629 g/mol. The van der Waals surface area contributed by atoms with Crippen molar-refractivity contribution in [2.24, 2.45) is 0 Å². The van der Waals surface area contributed by atoms with E-state index in [4.69, 9.17) is 16.3 Å². The fourth-order valence-corrected chi connectivity index (χ4v) is 6.53. The van der Waals surface area contributed by atoms with Gasteiger partial charge in [0, 0.05) is 18.5 Å². The summed E-state index contributed by atoms with van der Waals surface area (Å²) in [6.07, 6.45) is 0.148. The third kappa shape index (κ3) is 8.86. The Morgan fingerprint density at radius 1 is 0.891 bits per heavy atom. The Hall–Kier alpha value is -4.41. The zero-order chi connectivity index (χ0) is 33.5. The van der Waals surface area contributed by atoms with Gasteiger partial charge in [-0.25, -0.2) is 12.8 Å². The molecule has 0 aliphatic heterocycles. The van der Waals surface area contributed by atoms with Crippen molar-refractivity contribution in [3.8, 4) is 5.75 Å². The van der Waals surface area contributed by atoms with E-state index in [1.807, 2.05) is 51.1 Å². The van der Waals surface area contributed by atoms with E-state index in [1.54, 1.807) is 18.2 Å². The first-order chi connectivity index (χ1) is 21.8. The molecule has 0 aromatic heterocycles. The summed E-state index contributed by atoms with van der Waals surface area (Å²) in [6.45, 7) is 4.75. The molecule has 0 aliphatic rings. The molecule has 0 fully saturated rings. The van der Waals surface area contributed by atoms with E-state index in [2.05, 4.69) is 5.32 Å². The molecule has 0 spiro atoms. The normalized spacial score (nSPS) is 12.2. The van der Waals surface area contributed by atoms with Crippen LogP contribution in [-0.2, 0) is 32.6 Å². The van der Waals surface area contributed by atoms with Gasteiger partial charge in [0.25, 0.3) is 10.0 Å². The second-order valence-electron chi connectivity index (χ2n) is 11.7. The highest BCUT2D eigenvalue weighted by atomic mass is 35.5. The SMILES string of the molecule is COc1ccc(N(CC(=O)N(Cc2ccc(F)cc2)[C@@H](Cc2ccccc2)C(=O)NC(C)(C)C)S(=O)(=O)c2ccccc2)cc1Cl.